The Morgan fingerprint density at radius 1 is 1.22 bits per heavy atom. The number of fused-ring (bicyclic) bond motifs is 1. The Hall–Kier alpha value is -2.63. The van der Waals surface area contributed by atoms with Crippen LogP contribution in [-0.2, 0) is 17.6 Å². The summed E-state index contributed by atoms with van der Waals surface area (Å²) in [4.78, 5) is 22.9. The first-order chi connectivity index (χ1) is 11.2. The van der Waals surface area contributed by atoms with Gasteiger partial charge < -0.3 is 10.4 Å². The average molecular weight is 313 g/mol. The third-order valence-electron chi connectivity index (χ3n) is 4.00. The van der Waals surface area contributed by atoms with Gasteiger partial charge in [0.15, 0.2) is 5.69 Å². The number of carboxylic acid groups (broad SMARTS) is 1. The Morgan fingerprint density at radius 3 is 2.74 bits per heavy atom. The fourth-order valence-corrected chi connectivity index (χ4v) is 2.93. The monoisotopic (exact) mass is 313 g/mol. The van der Waals surface area contributed by atoms with E-state index in [2.05, 4.69) is 10.4 Å². The second-order valence-electron chi connectivity index (χ2n) is 5.63. The molecule has 3 rings (SSSR count). The van der Waals surface area contributed by atoms with Crippen molar-refractivity contribution in [3.05, 3.63) is 47.3 Å². The van der Waals surface area contributed by atoms with E-state index in [1.165, 1.54) is 0 Å². The van der Waals surface area contributed by atoms with Crippen LogP contribution in [0.3, 0.4) is 0 Å². The Morgan fingerprint density at radius 2 is 2.00 bits per heavy atom. The number of carbonyl (C=O) groups excluding carboxylic acids is 1. The lowest BCUT2D eigenvalue weighted by Crippen LogP contribution is -2.26. The summed E-state index contributed by atoms with van der Waals surface area (Å²) in [6.07, 6.45) is 3.28. The lowest BCUT2D eigenvalue weighted by Gasteiger charge is -2.05. The van der Waals surface area contributed by atoms with Crippen LogP contribution in [0, 0.1) is 0 Å². The summed E-state index contributed by atoms with van der Waals surface area (Å²) in [5.74, 6) is -1.07. The molecule has 0 unspecified atom stereocenters. The van der Waals surface area contributed by atoms with E-state index in [-0.39, 0.29) is 12.3 Å². The van der Waals surface area contributed by atoms with Crippen molar-refractivity contribution >= 4 is 11.9 Å². The van der Waals surface area contributed by atoms with Gasteiger partial charge in [-0.2, -0.15) is 5.10 Å². The third kappa shape index (κ3) is 3.26. The maximum Gasteiger partial charge on any atom is 0.303 e. The molecule has 1 aromatic heterocycles. The first-order valence-electron chi connectivity index (χ1n) is 7.83. The van der Waals surface area contributed by atoms with Crippen LogP contribution in [0.1, 0.15) is 41.0 Å². The molecule has 120 valence electrons. The quantitative estimate of drug-likeness (QED) is 0.798. The van der Waals surface area contributed by atoms with Gasteiger partial charge in [-0.3, -0.25) is 9.59 Å². The SMILES string of the molecule is O=C(O)CCCNC(=O)c1nn(-c2ccccc2)c2c1CCC2. The minimum absolute atomic E-state index is 0.0524. The predicted molar refractivity (Wildman–Crippen MR) is 84.8 cm³/mol. The van der Waals surface area contributed by atoms with Crippen molar-refractivity contribution in [3.8, 4) is 5.69 Å². The van der Waals surface area contributed by atoms with E-state index in [1.54, 1.807) is 0 Å². The van der Waals surface area contributed by atoms with E-state index < -0.39 is 5.97 Å². The van der Waals surface area contributed by atoms with Crippen LogP contribution in [0.4, 0.5) is 0 Å². The summed E-state index contributed by atoms with van der Waals surface area (Å²) < 4.78 is 1.86. The molecule has 0 saturated heterocycles. The molecule has 1 amide bonds. The van der Waals surface area contributed by atoms with E-state index in [1.807, 2.05) is 35.0 Å². The number of rotatable bonds is 6. The molecule has 2 aromatic rings. The van der Waals surface area contributed by atoms with Crippen molar-refractivity contribution in [1.29, 1.82) is 0 Å². The van der Waals surface area contributed by atoms with Gasteiger partial charge in [-0.15, -0.1) is 0 Å². The van der Waals surface area contributed by atoms with Gasteiger partial charge in [-0.1, -0.05) is 18.2 Å². The van der Waals surface area contributed by atoms with E-state index in [4.69, 9.17) is 5.11 Å². The normalized spacial score (nSPS) is 12.9. The van der Waals surface area contributed by atoms with E-state index in [0.29, 0.717) is 18.7 Å². The van der Waals surface area contributed by atoms with E-state index >= 15 is 0 Å². The van der Waals surface area contributed by atoms with Crippen molar-refractivity contribution in [2.45, 2.75) is 32.1 Å². The highest BCUT2D eigenvalue weighted by Gasteiger charge is 2.26. The maximum absolute atomic E-state index is 12.4. The van der Waals surface area contributed by atoms with Crippen LogP contribution in [0.5, 0.6) is 0 Å². The second kappa shape index (κ2) is 6.64. The highest BCUT2D eigenvalue weighted by molar-refractivity contribution is 5.94. The number of para-hydroxylation sites is 1. The molecule has 0 atom stereocenters. The summed E-state index contributed by atoms with van der Waals surface area (Å²) >= 11 is 0. The number of aliphatic carboxylic acids is 1. The van der Waals surface area contributed by atoms with Gasteiger partial charge in [0.2, 0.25) is 0 Å². The van der Waals surface area contributed by atoms with Crippen LogP contribution in [0.2, 0.25) is 0 Å². The first kappa shape index (κ1) is 15.3. The Kier molecular flexibility index (Phi) is 4.41. The minimum Gasteiger partial charge on any atom is -0.481 e. The van der Waals surface area contributed by atoms with Crippen LogP contribution >= 0.6 is 0 Å². The molecule has 2 N–H and O–H groups in total. The summed E-state index contributed by atoms with van der Waals surface area (Å²) in [7, 11) is 0. The molecule has 6 nitrogen and oxygen atoms in total. The smallest absolute Gasteiger partial charge is 0.303 e. The Balaban J connectivity index is 1.78. The molecule has 0 saturated carbocycles. The zero-order valence-corrected chi connectivity index (χ0v) is 12.8. The van der Waals surface area contributed by atoms with Crippen molar-refractivity contribution in [2.75, 3.05) is 6.54 Å². The topological polar surface area (TPSA) is 84.2 Å². The number of carbonyl (C=O) groups is 2. The third-order valence-corrected chi connectivity index (χ3v) is 4.00. The number of hydrogen-bond donors (Lipinski definition) is 2. The zero-order valence-electron chi connectivity index (χ0n) is 12.8. The van der Waals surface area contributed by atoms with Crippen molar-refractivity contribution in [3.63, 3.8) is 0 Å². The van der Waals surface area contributed by atoms with Gasteiger partial charge in [-0.05, 0) is 37.8 Å². The lowest BCUT2D eigenvalue weighted by atomic mass is 10.2. The molecule has 1 aliphatic rings. The molecule has 0 fully saturated rings. The molecular weight excluding hydrogens is 294 g/mol. The molecular formula is C17H19N3O3. The minimum atomic E-state index is -0.853. The Labute approximate surface area is 134 Å². The molecule has 1 aromatic carbocycles. The molecule has 6 heteroatoms. The molecule has 0 bridgehead atoms. The van der Waals surface area contributed by atoms with Gasteiger partial charge in [0, 0.05) is 24.2 Å². The number of nitrogens with zero attached hydrogens (tertiary/aromatic N) is 2. The summed E-state index contributed by atoms with van der Waals surface area (Å²) in [6.45, 7) is 0.345. The van der Waals surface area contributed by atoms with Crippen LogP contribution in [0.15, 0.2) is 30.3 Å². The average Bonchev–Trinajstić information content (AvgIpc) is 3.14. The molecule has 0 aliphatic heterocycles. The van der Waals surface area contributed by atoms with Crippen LogP contribution in [0.25, 0.3) is 5.69 Å². The number of hydrogen-bond acceptors (Lipinski definition) is 3. The van der Waals surface area contributed by atoms with Crippen LogP contribution in [-0.4, -0.2) is 33.3 Å². The highest BCUT2D eigenvalue weighted by atomic mass is 16.4. The standard InChI is InChI=1S/C17H19N3O3/c21-15(22)10-5-11-18-17(23)16-13-8-4-9-14(13)20(19-16)12-6-2-1-3-7-12/h1-3,6-7H,4-5,8-11H2,(H,18,23)(H,21,22). The maximum atomic E-state index is 12.4. The molecule has 23 heavy (non-hydrogen) atoms. The Bertz CT molecular complexity index is 722. The second-order valence-corrected chi connectivity index (χ2v) is 5.63. The van der Waals surface area contributed by atoms with Gasteiger partial charge >= 0.3 is 5.97 Å². The van der Waals surface area contributed by atoms with E-state index in [0.717, 1.165) is 36.2 Å². The zero-order chi connectivity index (χ0) is 16.2. The number of benzene rings is 1. The fourth-order valence-electron chi connectivity index (χ4n) is 2.93. The number of amides is 1. The van der Waals surface area contributed by atoms with Gasteiger partial charge in [0.1, 0.15) is 0 Å². The molecule has 1 aliphatic carbocycles. The number of carboxylic acids is 1. The van der Waals surface area contributed by atoms with Crippen molar-refractivity contribution < 1.29 is 14.7 Å². The first-order valence-corrected chi connectivity index (χ1v) is 7.83. The summed E-state index contributed by atoms with van der Waals surface area (Å²) in [5.41, 5.74) is 3.55. The molecule has 0 spiro atoms. The number of aromatic nitrogens is 2. The van der Waals surface area contributed by atoms with Crippen molar-refractivity contribution in [1.82, 2.24) is 15.1 Å². The van der Waals surface area contributed by atoms with Gasteiger partial charge in [0.05, 0.1) is 5.69 Å². The van der Waals surface area contributed by atoms with Gasteiger partial charge in [0.25, 0.3) is 5.91 Å². The lowest BCUT2D eigenvalue weighted by molar-refractivity contribution is -0.137. The van der Waals surface area contributed by atoms with Crippen molar-refractivity contribution in [2.24, 2.45) is 0 Å². The largest absolute Gasteiger partial charge is 0.481 e. The summed E-state index contributed by atoms with van der Waals surface area (Å²) in [5, 5.41) is 15.9. The van der Waals surface area contributed by atoms with E-state index in [9.17, 15) is 9.59 Å². The van der Waals surface area contributed by atoms with Crippen LogP contribution < -0.4 is 5.32 Å². The fraction of sp³-hybridized carbons (Fsp3) is 0.353. The number of nitrogens with one attached hydrogen (secondary N) is 1. The molecule has 1 heterocycles. The molecule has 0 radical (unpaired) electrons. The summed E-state index contributed by atoms with van der Waals surface area (Å²) in [6, 6.07) is 9.79. The van der Waals surface area contributed by atoms with Gasteiger partial charge in [-0.25, -0.2) is 4.68 Å². The highest BCUT2D eigenvalue weighted by Crippen LogP contribution is 2.27. The predicted octanol–water partition coefficient (Wildman–Crippen LogP) is 1.96.